The van der Waals surface area contributed by atoms with Crippen LogP contribution in [-0.4, -0.2) is 9.55 Å². The molecule has 2 aromatic heterocycles. The Morgan fingerprint density at radius 3 is 3.17 bits per heavy atom. The molecule has 12 heavy (non-hydrogen) atoms. The van der Waals surface area contributed by atoms with E-state index in [4.69, 9.17) is 0 Å². The first-order valence-corrected chi connectivity index (χ1v) is 4.35. The van der Waals surface area contributed by atoms with Crippen molar-refractivity contribution in [1.29, 1.82) is 0 Å². The van der Waals surface area contributed by atoms with Crippen LogP contribution in [0.25, 0.3) is 17.2 Å². The molecule has 0 bridgehead atoms. The van der Waals surface area contributed by atoms with E-state index in [2.05, 4.69) is 27.5 Å². The Bertz CT molecular complexity index is 431. The van der Waals surface area contributed by atoms with Gasteiger partial charge in [-0.25, -0.2) is 4.98 Å². The van der Waals surface area contributed by atoms with Crippen LogP contribution >= 0.6 is 15.9 Å². The molecule has 0 unspecified atom stereocenters. The first kappa shape index (κ1) is 7.55. The zero-order valence-corrected chi connectivity index (χ0v) is 7.95. The van der Waals surface area contributed by atoms with Crippen molar-refractivity contribution in [2.45, 2.75) is 0 Å². The van der Waals surface area contributed by atoms with Gasteiger partial charge >= 0.3 is 0 Å². The highest BCUT2D eigenvalue weighted by Gasteiger charge is 1.98. The van der Waals surface area contributed by atoms with Crippen LogP contribution in [0.5, 0.6) is 0 Å². The molecule has 0 N–H and O–H groups in total. The number of hydrogen-bond acceptors (Lipinski definition) is 1. The molecular weight excluding hydrogens is 216 g/mol. The molecule has 0 fully saturated rings. The fraction of sp³-hybridized carbons (Fsp3) is 0. The summed E-state index contributed by atoms with van der Waals surface area (Å²) in [5.74, 6) is 0. The predicted molar refractivity (Wildman–Crippen MR) is 53.8 cm³/mol. The maximum Gasteiger partial charge on any atom is 0.143 e. The van der Waals surface area contributed by atoms with Crippen LogP contribution in [0.4, 0.5) is 0 Å². The van der Waals surface area contributed by atoms with Gasteiger partial charge in [-0.1, -0.05) is 6.58 Å². The molecule has 0 radical (unpaired) electrons. The molecule has 0 aromatic carbocycles. The van der Waals surface area contributed by atoms with Gasteiger partial charge in [0.05, 0.1) is 0 Å². The molecular formula is C9H7BrN2. The van der Waals surface area contributed by atoms with E-state index in [9.17, 15) is 0 Å². The lowest BCUT2D eigenvalue weighted by atomic mass is 10.3. The Morgan fingerprint density at radius 2 is 2.42 bits per heavy atom. The van der Waals surface area contributed by atoms with Gasteiger partial charge in [-0.2, -0.15) is 0 Å². The number of hydrogen-bond donors (Lipinski definition) is 0. The topological polar surface area (TPSA) is 17.8 Å². The third-order valence-electron chi connectivity index (χ3n) is 1.72. The van der Waals surface area contributed by atoms with E-state index in [1.165, 1.54) is 0 Å². The number of rotatable bonds is 1. The van der Waals surface area contributed by atoms with Gasteiger partial charge in [0.15, 0.2) is 0 Å². The first-order chi connectivity index (χ1) is 5.81. The summed E-state index contributed by atoms with van der Waals surface area (Å²) in [6, 6.07) is 4.04. The predicted octanol–water partition coefficient (Wildman–Crippen LogP) is 2.90. The lowest BCUT2D eigenvalue weighted by Crippen LogP contribution is -1.84. The molecule has 0 atom stereocenters. The molecule has 0 saturated carbocycles. The van der Waals surface area contributed by atoms with Gasteiger partial charge in [-0.15, -0.1) is 0 Å². The Labute approximate surface area is 78.7 Å². The SMILES string of the molecule is C=Cn1ccc2cc(Br)cnc21. The molecule has 0 aliphatic rings. The van der Waals surface area contributed by atoms with Gasteiger partial charge in [0.2, 0.25) is 0 Å². The molecule has 2 heterocycles. The van der Waals surface area contributed by atoms with Crippen molar-refractivity contribution in [3.05, 3.63) is 35.6 Å². The van der Waals surface area contributed by atoms with Crippen LogP contribution in [0.1, 0.15) is 0 Å². The number of nitrogens with zero attached hydrogens (tertiary/aromatic N) is 2. The molecule has 0 amide bonds. The summed E-state index contributed by atoms with van der Waals surface area (Å²) in [6.45, 7) is 3.69. The van der Waals surface area contributed by atoms with Crippen molar-refractivity contribution in [1.82, 2.24) is 9.55 Å². The van der Waals surface area contributed by atoms with E-state index in [1.54, 1.807) is 12.4 Å². The lowest BCUT2D eigenvalue weighted by molar-refractivity contribution is 1.17. The van der Waals surface area contributed by atoms with Gasteiger partial charge in [0.1, 0.15) is 5.65 Å². The van der Waals surface area contributed by atoms with Crippen molar-refractivity contribution >= 4 is 33.2 Å². The van der Waals surface area contributed by atoms with Crippen LogP contribution in [0.3, 0.4) is 0 Å². The number of halogens is 1. The van der Waals surface area contributed by atoms with Gasteiger partial charge in [0, 0.05) is 28.5 Å². The molecule has 0 aliphatic carbocycles. The van der Waals surface area contributed by atoms with Gasteiger partial charge in [-0.3, -0.25) is 0 Å². The second-order valence-corrected chi connectivity index (χ2v) is 3.39. The first-order valence-electron chi connectivity index (χ1n) is 3.56. The Balaban J connectivity index is 2.81. The van der Waals surface area contributed by atoms with Crippen molar-refractivity contribution in [2.24, 2.45) is 0 Å². The van der Waals surface area contributed by atoms with Gasteiger partial charge < -0.3 is 4.57 Å². The second-order valence-electron chi connectivity index (χ2n) is 2.47. The average Bonchev–Trinajstić information content (AvgIpc) is 2.46. The van der Waals surface area contributed by atoms with Crippen LogP contribution in [0.2, 0.25) is 0 Å². The van der Waals surface area contributed by atoms with E-state index < -0.39 is 0 Å². The molecule has 3 heteroatoms. The van der Waals surface area contributed by atoms with E-state index >= 15 is 0 Å². The smallest absolute Gasteiger partial charge is 0.143 e. The zero-order chi connectivity index (χ0) is 8.55. The van der Waals surface area contributed by atoms with Crippen LogP contribution < -0.4 is 0 Å². The van der Waals surface area contributed by atoms with Crippen LogP contribution in [-0.2, 0) is 0 Å². The largest absolute Gasteiger partial charge is 0.309 e. The van der Waals surface area contributed by atoms with Crippen molar-refractivity contribution in [2.75, 3.05) is 0 Å². The normalized spacial score (nSPS) is 10.4. The lowest BCUT2D eigenvalue weighted by Gasteiger charge is -1.95. The highest BCUT2D eigenvalue weighted by Crippen LogP contribution is 2.17. The summed E-state index contributed by atoms with van der Waals surface area (Å²) in [5.41, 5.74) is 0.938. The molecule has 2 rings (SSSR count). The summed E-state index contributed by atoms with van der Waals surface area (Å²) in [4.78, 5) is 4.26. The van der Waals surface area contributed by atoms with Crippen molar-refractivity contribution in [3.8, 4) is 0 Å². The third kappa shape index (κ3) is 1.06. The van der Waals surface area contributed by atoms with Crippen LogP contribution in [0.15, 0.2) is 35.6 Å². The highest BCUT2D eigenvalue weighted by atomic mass is 79.9. The van der Waals surface area contributed by atoms with Gasteiger partial charge in [0.25, 0.3) is 0 Å². The fourth-order valence-electron chi connectivity index (χ4n) is 1.16. The van der Waals surface area contributed by atoms with Crippen LogP contribution in [0, 0.1) is 0 Å². The summed E-state index contributed by atoms with van der Waals surface area (Å²) in [5, 5.41) is 1.12. The van der Waals surface area contributed by atoms with Crippen molar-refractivity contribution < 1.29 is 0 Å². The number of aromatic nitrogens is 2. The molecule has 0 saturated heterocycles. The number of fused-ring (bicyclic) bond motifs is 1. The van der Waals surface area contributed by atoms with E-state index in [0.717, 1.165) is 15.5 Å². The standard InChI is InChI=1S/C9H7BrN2/c1-2-12-4-3-7-5-8(10)6-11-9(7)12/h2-6H,1H2. The Morgan fingerprint density at radius 1 is 1.58 bits per heavy atom. The zero-order valence-electron chi connectivity index (χ0n) is 6.37. The minimum Gasteiger partial charge on any atom is -0.309 e. The maximum atomic E-state index is 4.26. The molecule has 0 aliphatic heterocycles. The fourth-order valence-corrected chi connectivity index (χ4v) is 1.51. The molecule has 2 nitrogen and oxygen atoms in total. The molecule has 60 valence electrons. The average molecular weight is 223 g/mol. The Hall–Kier alpha value is -1.09. The highest BCUT2D eigenvalue weighted by molar-refractivity contribution is 9.10. The van der Waals surface area contributed by atoms with E-state index in [0.29, 0.717) is 0 Å². The maximum absolute atomic E-state index is 4.26. The summed E-state index contributed by atoms with van der Waals surface area (Å²) >= 11 is 3.37. The number of pyridine rings is 1. The third-order valence-corrected chi connectivity index (χ3v) is 2.15. The summed E-state index contributed by atoms with van der Waals surface area (Å²) in [6.07, 6.45) is 5.46. The van der Waals surface area contributed by atoms with Gasteiger partial charge in [-0.05, 0) is 28.1 Å². The Kier molecular flexibility index (Phi) is 1.73. The van der Waals surface area contributed by atoms with E-state index in [-0.39, 0.29) is 0 Å². The second kappa shape index (κ2) is 2.75. The monoisotopic (exact) mass is 222 g/mol. The quantitative estimate of drug-likeness (QED) is 0.726. The van der Waals surface area contributed by atoms with Crippen molar-refractivity contribution in [3.63, 3.8) is 0 Å². The van der Waals surface area contributed by atoms with E-state index in [1.807, 2.05) is 22.9 Å². The minimum absolute atomic E-state index is 0.938. The summed E-state index contributed by atoms with van der Waals surface area (Å²) < 4.78 is 2.89. The minimum atomic E-state index is 0.938. The summed E-state index contributed by atoms with van der Waals surface area (Å²) in [7, 11) is 0. The molecule has 0 spiro atoms. The molecule has 2 aromatic rings.